The standard InChI is InChI=1S/C13H17N3O/c14-7-13-12(4-1-5-16-13)9-15-8-11-3-2-6-17-10-11/h1,4-5,11,15H,2-3,6,8-10H2. The van der Waals surface area contributed by atoms with E-state index in [1.54, 1.807) is 6.20 Å². The lowest BCUT2D eigenvalue weighted by molar-refractivity contribution is 0.0547. The molecule has 1 fully saturated rings. The zero-order valence-corrected chi connectivity index (χ0v) is 9.85. The lowest BCUT2D eigenvalue weighted by atomic mass is 10.0. The van der Waals surface area contributed by atoms with Crippen LogP contribution < -0.4 is 5.32 Å². The van der Waals surface area contributed by atoms with Gasteiger partial charge in [0.05, 0.1) is 6.61 Å². The van der Waals surface area contributed by atoms with Gasteiger partial charge >= 0.3 is 0 Å². The van der Waals surface area contributed by atoms with E-state index >= 15 is 0 Å². The topological polar surface area (TPSA) is 57.9 Å². The highest BCUT2D eigenvalue weighted by atomic mass is 16.5. The molecule has 4 nitrogen and oxygen atoms in total. The van der Waals surface area contributed by atoms with Gasteiger partial charge in [-0.05, 0) is 24.8 Å². The van der Waals surface area contributed by atoms with E-state index in [9.17, 15) is 0 Å². The maximum atomic E-state index is 8.91. The Morgan fingerprint density at radius 1 is 1.59 bits per heavy atom. The molecule has 2 heterocycles. The van der Waals surface area contributed by atoms with Gasteiger partial charge in [0.15, 0.2) is 0 Å². The highest BCUT2D eigenvalue weighted by Crippen LogP contribution is 2.12. The number of hydrogen-bond donors (Lipinski definition) is 1. The molecule has 4 heteroatoms. The van der Waals surface area contributed by atoms with Crippen molar-refractivity contribution in [1.82, 2.24) is 10.3 Å². The van der Waals surface area contributed by atoms with Gasteiger partial charge in [0.1, 0.15) is 11.8 Å². The molecular weight excluding hydrogens is 214 g/mol. The summed E-state index contributed by atoms with van der Waals surface area (Å²) in [6.45, 7) is 3.40. The average molecular weight is 231 g/mol. The maximum Gasteiger partial charge on any atom is 0.144 e. The predicted octanol–water partition coefficient (Wildman–Crippen LogP) is 1.47. The molecule has 0 aliphatic carbocycles. The van der Waals surface area contributed by atoms with Gasteiger partial charge in [-0.15, -0.1) is 0 Å². The van der Waals surface area contributed by atoms with Gasteiger partial charge in [-0.2, -0.15) is 5.26 Å². The summed E-state index contributed by atoms with van der Waals surface area (Å²) in [7, 11) is 0. The van der Waals surface area contributed by atoms with E-state index in [1.165, 1.54) is 6.42 Å². The third kappa shape index (κ3) is 3.52. The molecule has 1 saturated heterocycles. The summed E-state index contributed by atoms with van der Waals surface area (Å²) in [4.78, 5) is 4.04. The Bertz CT molecular complexity index is 394. The van der Waals surface area contributed by atoms with Gasteiger partial charge in [-0.1, -0.05) is 6.07 Å². The number of hydrogen-bond acceptors (Lipinski definition) is 4. The Hall–Kier alpha value is -1.44. The molecule has 90 valence electrons. The summed E-state index contributed by atoms with van der Waals surface area (Å²) in [5.41, 5.74) is 1.48. The maximum absolute atomic E-state index is 8.91. The Morgan fingerprint density at radius 3 is 3.29 bits per heavy atom. The van der Waals surface area contributed by atoms with Crippen LogP contribution >= 0.6 is 0 Å². The molecule has 0 bridgehead atoms. The molecule has 1 unspecified atom stereocenters. The molecule has 0 amide bonds. The van der Waals surface area contributed by atoms with Crippen LogP contribution in [-0.4, -0.2) is 24.7 Å². The molecule has 0 aromatic carbocycles. The smallest absolute Gasteiger partial charge is 0.144 e. The Balaban J connectivity index is 1.79. The van der Waals surface area contributed by atoms with Crippen molar-refractivity contribution in [2.75, 3.05) is 19.8 Å². The van der Waals surface area contributed by atoms with Gasteiger partial charge in [0, 0.05) is 31.5 Å². The van der Waals surface area contributed by atoms with E-state index in [0.717, 1.165) is 31.7 Å². The van der Waals surface area contributed by atoms with Crippen molar-refractivity contribution in [3.63, 3.8) is 0 Å². The van der Waals surface area contributed by atoms with E-state index in [-0.39, 0.29) is 0 Å². The van der Waals surface area contributed by atoms with Gasteiger partial charge < -0.3 is 10.1 Å². The van der Waals surface area contributed by atoms with Crippen molar-refractivity contribution in [1.29, 1.82) is 5.26 Å². The fourth-order valence-electron chi connectivity index (χ4n) is 2.06. The van der Waals surface area contributed by atoms with Crippen molar-refractivity contribution in [2.45, 2.75) is 19.4 Å². The normalized spacial score (nSPS) is 19.8. The number of rotatable bonds is 4. The summed E-state index contributed by atoms with van der Waals surface area (Å²) in [6, 6.07) is 5.91. The lowest BCUT2D eigenvalue weighted by Crippen LogP contribution is -2.29. The first-order valence-electron chi connectivity index (χ1n) is 6.02. The molecule has 1 aliphatic heterocycles. The van der Waals surface area contributed by atoms with Crippen molar-refractivity contribution >= 4 is 0 Å². The van der Waals surface area contributed by atoms with Crippen molar-refractivity contribution < 1.29 is 4.74 Å². The van der Waals surface area contributed by atoms with Crippen LogP contribution in [0.15, 0.2) is 18.3 Å². The summed E-state index contributed by atoms with van der Waals surface area (Å²) < 4.78 is 5.43. The number of nitriles is 1. The van der Waals surface area contributed by atoms with Gasteiger partial charge in [-0.3, -0.25) is 0 Å². The fourth-order valence-corrected chi connectivity index (χ4v) is 2.06. The second-order valence-electron chi connectivity index (χ2n) is 4.34. The average Bonchev–Trinajstić information content (AvgIpc) is 2.40. The molecule has 17 heavy (non-hydrogen) atoms. The number of ether oxygens (including phenoxy) is 1. The second-order valence-corrected chi connectivity index (χ2v) is 4.34. The van der Waals surface area contributed by atoms with Gasteiger partial charge in [0.2, 0.25) is 0 Å². The van der Waals surface area contributed by atoms with Crippen molar-refractivity contribution in [3.05, 3.63) is 29.6 Å². The minimum atomic E-state index is 0.514. The minimum absolute atomic E-state index is 0.514. The largest absolute Gasteiger partial charge is 0.381 e. The highest BCUT2D eigenvalue weighted by Gasteiger charge is 2.13. The van der Waals surface area contributed by atoms with Crippen LogP contribution in [0.3, 0.4) is 0 Å². The molecular formula is C13H17N3O. The molecule has 1 N–H and O–H groups in total. The molecule has 2 rings (SSSR count). The fraction of sp³-hybridized carbons (Fsp3) is 0.538. The van der Waals surface area contributed by atoms with Crippen LogP contribution in [0.5, 0.6) is 0 Å². The van der Waals surface area contributed by atoms with Crippen molar-refractivity contribution in [2.24, 2.45) is 5.92 Å². The first kappa shape index (κ1) is 12.0. The van der Waals surface area contributed by atoms with Crippen LogP contribution in [-0.2, 0) is 11.3 Å². The summed E-state index contributed by atoms with van der Waals surface area (Å²) >= 11 is 0. The molecule has 1 aromatic rings. The van der Waals surface area contributed by atoms with E-state index in [0.29, 0.717) is 18.2 Å². The van der Waals surface area contributed by atoms with Crippen LogP contribution in [0.25, 0.3) is 0 Å². The van der Waals surface area contributed by atoms with Crippen LogP contribution in [0.1, 0.15) is 24.1 Å². The van der Waals surface area contributed by atoms with Crippen LogP contribution in [0.2, 0.25) is 0 Å². The summed E-state index contributed by atoms with van der Waals surface area (Å²) in [5, 5.41) is 12.3. The number of nitrogens with zero attached hydrogens (tertiary/aromatic N) is 2. The van der Waals surface area contributed by atoms with Crippen molar-refractivity contribution in [3.8, 4) is 6.07 Å². The van der Waals surface area contributed by atoms with Crippen LogP contribution in [0, 0.1) is 17.2 Å². The Morgan fingerprint density at radius 2 is 2.53 bits per heavy atom. The lowest BCUT2D eigenvalue weighted by Gasteiger charge is -2.22. The predicted molar refractivity (Wildman–Crippen MR) is 64.2 cm³/mol. The van der Waals surface area contributed by atoms with E-state index in [2.05, 4.69) is 16.4 Å². The zero-order valence-electron chi connectivity index (χ0n) is 9.85. The highest BCUT2D eigenvalue weighted by molar-refractivity contribution is 5.30. The first-order chi connectivity index (χ1) is 8.40. The van der Waals surface area contributed by atoms with E-state index in [4.69, 9.17) is 10.00 Å². The van der Waals surface area contributed by atoms with Crippen LogP contribution in [0.4, 0.5) is 0 Å². The molecule has 0 radical (unpaired) electrons. The Labute approximate surface area is 102 Å². The number of aromatic nitrogens is 1. The SMILES string of the molecule is N#Cc1ncccc1CNCC1CCCOC1. The number of nitrogens with one attached hydrogen (secondary N) is 1. The summed E-state index contributed by atoms with van der Waals surface area (Å²) in [5.74, 6) is 0.603. The third-order valence-electron chi connectivity index (χ3n) is 3.00. The van der Waals surface area contributed by atoms with E-state index < -0.39 is 0 Å². The quantitative estimate of drug-likeness (QED) is 0.852. The summed E-state index contributed by atoms with van der Waals surface area (Å²) in [6.07, 6.45) is 4.03. The monoisotopic (exact) mass is 231 g/mol. The van der Waals surface area contributed by atoms with Gasteiger partial charge in [0.25, 0.3) is 0 Å². The Kier molecular flexibility index (Phi) is 4.48. The second kappa shape index (κ2) is 6.33. The molecule has 1 atom stereocenters. The molecule has 1 aromatic heterocycles. The molecule has 1 aliphatic rings. The number of pyridine rings is 1. The third-order valence-corrected chi connectivity index (χ3v) is 3.00. The minimum Gasteiger partial charge on any atom is -0.381 e. The zero-order chi connectivity index (χ0) is 11.9. The van der Waals surface area contributed by atoms with E-state index in [1.807, 2.05) is 12.1 Å². The molecule has 0 spiro atoms. The van der Waals surface area contributed by atoms with Gasteiger partial charge in [-0.25, -0.2) is 4.98 Å². The molecule has 0 saturated carbocycles. The first-order valence-corrected chi connectivity index (χ1v) is 6.02.